The topological polar surface area (TPSA) is 44.8 Å². The fourth-order valence-corrected chi connectivity index (χ4v) is 5.92. The minimum Gasteiger partial charge on any atom is -0.493 e. The molecule has 43 heavy (non-hydrogen) atoms. The van der Waals surface area contributed by atoms with Crippen LogP contribution in [0, 0.1) is 5.92 Å². The Morgan fingerprint density at radius 1 is 0.744 bits per heavy atom. The number of unbranched alkanes of at least 4 members (excludes halogenated alkanes) is 4. The Bertz CT molecular complexity index is 1210. The van der Waals surface area contributed by atoms with E-state index in [0.717, 1.165) is 36.7 Å². The number of benzene rings is 3. The molecule has 1 aliphatic rings. The molecule has 0 heterocycles. The van der Waals surface area contributed by atoms with Crippen LogP contribution in [0.3, 0.4) is 0 Å². The van der Waals surface area contributed by atoms with Crippen molar-refractivity contribution in [1.29, 1.82) is 0 Å². The van der Waals surface area contributed by atoms with Gasteiger partial charge in [-0.1, -0.05) is 62.9 Å². The summed E-state index contributed by atoms with van der Waals surface area (Å²) in [6.45, 7) is 7.25. The number of ether oxygens (including phenoxy) is 3. The fraction of sp³-hybridized carbons (Fsp3) is 0.462. The number of carbonyl (C=O) groups excluding carboxylic acids is 1. The van der Waals surface area contributed by atoms with Crippen LogP contribution in [0.15, 0.2) is 85.5 Å². The Hall–Kier alpha value is -3.53. The maximum absolute atomic E-state index is 12.7. The molecule has 0 atom stereocenters. The number of rotatable bonds is 18. The molecule has 4 nitrogen and oxygen atoms in total. The zero-order valence-electron chi connectivity index (χ0n) is 26.1. The molecule has 0 radical (unpaired) electrons. The van der Waals surface area contributed by atoms with E-state index < -0.39 is 0 Å². The van der Waals surface area contributed by atoms with Gasteiger partial charge in [-0.25, -0.2) is 4.79 Å². The molecule has 0 bridgehead atoms. The molecular formula is C39H50O4. The van der Waals surface area contributed by atoms with Gasteiger partial charge in [0.05, 0.1) is 18.8 Å². The standard InChI is InChI=1S/C39H50O4/c1-3-5-7-8-9-12-32-15-23-36(24-16-32)41-29-10-30-42-37-25-27-38(28-26-37)43-39(40)35-21-19-34(20-22-35)33-17-13-31(14-18-33)11-6-4-2/h4,15-16,19-28,31,33H,2-3,5-14,17-18,29-30H2,1H3. The molecule has 0 spiro atoms. The third kappa shape index (κ3) is 11.2. The first kappa shape index (κ1) is 32.4. The van der Waals surface area contributed by atoms with Gasteiger partial charge < -0.3 is 14.2 Å². The lowest BCUT2D eigenvalue weighted by molar-refractivity contribution is 0.0734. The van der Waals surface area contributed by atoms with Crippen molar-refractivity contribution < 1.29 is 19.0 Å². The van der Waals surface area contributed by atoms with Gasteiger partial charge in [0.1, 0.15) is 17.2 Å². The molecule has 0 N–H and O–H groups in total. The van der Waals surface area contributed by atoms with Crippen LogP contribution < -0.4 is 14.2 Å². The van der Waals surface area contributed by atoms with Crippen molar-refractivity contribution >= 4 is 5.97 Å². The molecule has 3 aromatic rings. The lowest BCUT2D eigenvalue weighted by Gasteiger charge is -2.28. The van der Waals surface area contributed by atoms with E-state index in [-0.39, 0.29) is 5.97 Å². The first-order valence-electron chi connectivity index (χ1n) is 16.5. The molecule has 0 saturated heterocycles. The molecule has 4 rings (SSSR count). The molecule has 0 amide bonds. The molecular weight excluding hydrogens is 532 g/mol. The van der Waals surface area contributed by atoms with E-state index in [2.05, 4.69) is 49.9 Å². The highest BCUT2D eigenvalue weighted by molar-refractivity contribution is 5.91. The van der Waals surface area contributed by atoms with Gasteiger partial charge in [0.2, 0.25) is 0 Å². The van der Waals surface area contributed by atoms with Crippen molar-refractivity contribution in [2.24, 2.45) is 5.92 Å². The molecule has 4 heteroatoms. The number of esters is 1. The SMILES string of the molecule is C=CCCC1CCC(c2ccc(C(=O)Oc3ccc(OCCCOc4ccc(CCCCCCC)cc4)cc3)cc2)CC1. The monoisotopic (exact) mass is 582 g/mol. The van der Waals surface area contributed by atoms with Crippen molar-refractivity contribution in [2.75, 3.05) is 13.2 Å². The average molecular weight is 583 g/mol. The van der Waals surface area contributed by atoms with Gasteiger partial charge in [-0.3, -0.25) is 0 Å². The van der Waals surface area contributed by atoms with Crippen molar-refractivity contribution in [1.82, 2.24) is 0 Å². The second-order valence-corrected chi connectivity index (χ2v) is 11.9. The smallest absolute Gasteiger partial charge is 0.343 e. The summed E-state index contributed by atoms with van der Waals surface area (Å²) in [5.74, 6) is 3.23. The first-order valence-corrected chi connectivity index (χ1v) is 16.5. The number of hydrogen-bond donors (Lipinski definition) is 0. The van der Waals surface area contributed by atoms with E-state index in [0.29, 0.717) is 30.4 Å². The lowest BCUT2D eigenvalue weighted by atomic mass is 9.77. The summed E-state index contributed by atoms with van der Waals surface area (Å²) in [4.78, 5) is 12.7. The van der Waals surface area contributed by atoms with Crippen LogP contribution in [0.25, 0.3) is 0 Å². The third-order valence-corrected chi connectivity index (χ3v) is 8.60. The van der Waals surface area contributed by atoms with Gasteiger partial charge >= 0.3 is 5.97 Å². The van der Waals surface area contributed by atoms with Crippen LogP contribution in [-0.2, 0) is 6.42 Å². The number of hydrogen-bond acceptors (Lipinski definition) is 4. The van der Waals surface area contributed by atoms with Gasteiger partial charge in [0.15, 0.2) is 0 Å². The highest BCUT2D eigenvalue weighted by Crippen LogP contribution is 2.37. The van der Waals surface area contributed by atoms with Crippen molar-refractivity contribution in [3.63, 3.8) is 0 Å². The zero-order chi connectivity index (χ0) is 30.1. The van der Waals surface area contributed by atoms with E-state index in [9.17, 15) is 4.79 Å². The second-order valence-electron chi connectivity index (χ2n) is 11.9. The fourth-order valence-electron chi connectivity index (χ4n) is 5.92. The van der Waals surface area contributed by atoms with Gasteiger partial charge in [-0.05, 0) is 123 Å². The van der Waals surface area contributed by atoms with Crippen molar-refractivity contribution in [3.05, 3.63) is 102 Å². The summed E-state index contributed by atoms with van der Waals surface area (Å²) in [6.07, 6.45) is 17.9. The number of allylic oxidation sites excluding steroid dienone is 1. The summed E-state index contributed by atoms with van der Waals surface area (Å²) >= 11 is 0. The second kappa shape index (κ2) is 18.2. The Kier molecular flexibility index (Phi) is 13.7. The van der Waals surface area contributed by atoms with Crippen LogP contribution >= 0.6 is 0 Å². The highest BCUT2D eigenvalue weighted by atomic mass is 16.5. The van der Waals surface area contributed by atoms with E-state index in [4.69, 9.17) is 14.2 Å². The molecule has 3 aromatic carbocycles. The van der Waals surface area contributed by atoms with Crippen LogP contribution in [0.5, 0.6) is 17.2 Å². The first-order chi connectivity index (χ1) is 21.1. The number of aryl methyl sites for hydroxylation is 1. The molecule has 1 fully saturated rings. The molecule has 230 valence electrons. The lowest BCUT2D eigenvalue weighted by Crippen LogP contribution is -2.14. The summed E-state index contributed by atoms with van der Waals surface area (Å²) in [6, 6.07) is 23.7. The Labute approximate surface area is 259 Å². The number of carbonyl (C=O) groups is 1. The largest absolute Gasteiger partial charge is 0.493 e. The quantitative estimate of drug-likeness (QED) is 0.0648. The van der Waals surface area contributed by atoms with Gasteiger partial charge in [0, 0.05) is 6.42 Å². The van der Waals surface area contributed by atoms with E-state index in [1.54, 1.807) is 12.1 Å². The molecule has 0 aliphatic heterocycles. The van der Waals surface area contributed by atoms with Gasteiger partial charge in [-0.2, -0.15) is 0 Å². The van der Waals surface area contributed by atoms with Gasteiger partial charge in [0.25, 0.3) is 0 Å². The molecule has 1 saturated carbocycles. The van der Waals surface area contributed by atoms with Crippen molar-refractivity contribution in [2.45, 2.75) is 96.3 Å². The van der Waals surface area contributed by atoms with E-state index >= 15 is 0 Å². The highest BCUT2D eigenvalue weighted by Gasteiger charge is 2.22. The minimum absolute atomic E-state index is 0.342. The summed E-state index contributed by atoms with van der Waals surface area (Å²) in [5.41, 5.74) is 3.27. The van der Waals surface area contributed by atoms with Crippen LogP contribution in [-0.4, -0.2) is 19.2 Å². The third-order valence-electron chi connectivity index (χ3n) is 8.60. The Morgan fingerprint density at radius 3 is 1.98 bits per heavy atom. The van der Waals surface area contributed by atoms with Crippen LogP contribution in [0.2, 0.25) is 0 Å². The summed E-state index contributed by atoms with van der Waals surface area (Å²) < 4.78 is 17.3. The average Bonchev–Trinajstić information content (AvgIpc) is 3.05. The molecule has 0 unspecified atom stereocenters. The van der Waals surface area contributed by atoms with Crippen LogP contribution in [0.1, 0.15) is 111 Å². The van der Waals surface area contributed by atoms with Gasteiger partial charge in [-0.15, -0.1) is 6.58 Å². The predicted molar refractivity (Wildman–Crippen MR) is 176 cm³/mol. The van der Waals surface area contributed by atoms with E-state index in [1.807, 2.05) is 30.3 Å². The molecule has 1 aliphatic carbocycles. The maximum atomic E-state index is 12.7. The normalized spacial score (nSPS) is 16.4. The predicted octanol–water partition coefficient (Wildman–Crippen LogP) is 10.5. The van der Waals surface area contributed by atoms with E-state index in [1.165, 1.54) is 75.3 Å². The maximum Gasteiger partial charge on any atom is 0.343 e. The summed E-state index contributed by atoms with van der Waals surface area (Å²) in [5, 5.41) is 0. The Morgan fingerprint density at radius 2 is 1.35 bits per heavy atom. The summed E-state index contributed by atoms with van der Waals surface area (Å²) in [7, 11) is 0. The minimum atomic E-state index is -0.342. The van der Waals surface area contributed by atoms with Crippen molar-refractivity contribution in [3.8, 4) is 17.2 Å². The van der Waals surface area contributed by atoms with Crippen LogP contribution in [0.4, 0.5) is 0 Å². The Balaban J connectivity index is 1.11. The molecule has 0 aromatic heterocycles. The zero-order valence-corrected chi connectivity index (χ0v) is 26.1.